The predicted molar refractivity (Wildman–Crippen MR) is 60.6 cm³/mol. The van der Waals surface area contributed by atoms with Gasteiger partial charge in [-0.1, -0.05) is 0 Å². The Balaban J connectivity index is 2.19. The SMILES string of the molecule is CCn1ncc(Cn2cc([N+](=O)[O-])cn2)c1C. The monoisotopic (exact) mass is 235 g/mol. The van der Waals surface area contributed by atoms with E-state index in [-0.39, 0.29) is 5.69 Å². The minimum atomic E-state index is -0.453. The number of nitrogens with zero attached hydrogens (tertiary/aromatic N) is 5. The summed E-state index contributed by atoms with van der Waals surface area (Å²) in [7, 11) is 0. The van der Waals surface area contributed by atoms with Crippen LogP contribution >= 0.6 is 0 Å². The van der Waals surface area contributed by atoms with Gasteiger partial charge in [-0.05, 0) is 13.8 Å². The van der Waals surface area contributed by atoms with Crippen molar-refractivity contribution in [2.24, 2.45) is 0 Å². The summed E-state index contributed by atoms with van der Waals surface area (Å²) in [6.07, 6.45) is 4.44. The number of hydrogen-bond donors (Lipinski definition) is 0. The number of hydrogen-bond acceptors (Lipinski definition) is 4. The van der Waals surface area contributed by atoms with Gasteiger partial charge in [-0.3, -0.25) is 19.5 Å². The largest absolute Gasteiger partial charge is 0.307 e. The van der Waals surface area contributed by atoms with Gasteiger partial charge in [0, 0.05) is 17.8 Å². The van der Waals surface area contributed by atoms with Crippen LogP contribution in [0, 0.1) is 17.0 Å². The minimum absolute atomic E-state index is 0.00513. The molecule has 2 aromatic rings. The molecule has 0 N–H and O–H groups in total. The van der Waals surface area contributed by atoms with Crippen LogP contribution in [0.5, 0.6) is 0 Å². The average molecular weight is 235 g/mol. The van der Waals surface area contributed by atoms with E-state index in [9.17, 15) is 10.1 Å². The van der Waals surface area contributed by atoms with Crippen LogP contribution in [0.2, 0.25) is 0 Å². The van der Waals surface area contributed by atoms with Crippen LogP contribution in [0.15, 0.2) is 18.6 Å². The zero-order valence-corrected chi connectivity index (χ0v) is 9.70. The van der Waals surface area contributed by atoms with Crippen LogP contribution in [0.25, 0.3) is 0 Å². The normalized spacial score (nSPS) is 10.7. The molecule has 0 amide bonds. The lowest BCUT2D eigenvalue weighted by Gasteiger charge is -2.02. The standard InChI is InChI=1S/C10H13N5O2/c1-3-14-8(2)9(4-12-14)6-13-7-10(5-11-13)15(16)17/h4-5,7H,3,6H2,1-2H3. The molecule has 0 unspecified atom stereocenters. The summed E-state index contributed by atoms with van der Waals surface area (Å²) in [6.45, 7) is 5.30. The molecule has 0 atom stereocenters. The molecule has 0 fully saturated rings. The van der Waals surface area contributed by atoms with Gasteiger partial charge in [0.1, 0.15) is 12.4 Å². The molecule has 0 spiro atoms. The lowest BCUT2D eigenvalue weighted by atomic mass is 10.2. The molecule has 0 aromatic carbocycles. The molecule has 2 aromatic heterocycles. The summed E-state index contributed by atoms with van der Waals surface area (Å²) in [6, 6.07) is 0. The number of aromatic nitrogens is 4. The Kier molecular flexibility index (Phi) is 2.90. The number of nitro groups is 1. The molecule has 0 aliphatic heterocycles. The Morgan fingerprint density at radius 2 is 2.18 bits per heavy atom. The third kappa shape index (κ3) is 2.17. The van der Waals surface area contributed by atoms with E-state index in [1.54, 1.807) is 10.9 Å². The molecule has 0 saturated carbocycles. The highest BCUT2D eigenvalue weighted by Gasteiger charge is 2.11. The van der Waals surface area contributed by atoms with Crippen LogP contribution < -0.4 is 0 Å². The summed E-state index contributed by atoms with van der Waals surface area (Å²) in [5.41, 5.74) is 2.08. The van der Waals surface area contributed by atoms with Gasteiger partial charge in [-0.2, -0.15) is 10.2 Å². The molecule has 7 nitrogen and oxygen atoms in total. The molecular formula is C10H13N5O2. The molecule has 7 heteroatoms. The molecule has 2 heterocycles. The molecule has 0 aliphatic carbocycles. The third-order valence-electron chi connectivity index (χ3n) is 2.67. The van der Waals surface area contributed by atoms with Crippen molar-refractivity contribution in [3.8, 4) is 0 Å². The molecule has 90 valence electrons. The lowest BCUT2D eigenvalue weighted by molar-refractivity contribution is -0.385. The Morgan fingerprint density at radius 1 is 1.41 bits per heavy atom. The highest BCUT2D eigenvalue weighted by atomic mass is 16.6. The zero-order chi connectivity index (χ0) is 12.4. The smallest absolute Gasteiger partial charge is 0.270 e. The van der Waals surface area contributed by atoms with Crippen molar-refractivity contribution in [3.63, 3.8) is 0 Å². The fraction of sp³-hybridized carbons (Fsp3) is 0.400. The second-order valence-corrected chi connectivity index (χ2v) is 3.72. The topological polar surface area (TPSA) is 78.8 Å². The van der Waals surface area contributed by atoms with Crippen molar-refractivity contribution in [1.29, 1.82) is 0 Å². The second-order valence-electron chi connectivity index (χ2n) is 3.72. The van der Waals surface area contributed by atoms with Crippen LogP contribution in [0.1, 0.15) is 18.2 Å². The van der Waals surface area contributed by atoms with Gasteiger partial charge < -0.3 is 0 Å². The Morgan fingerprint density at radius 3 is 2.71 bits per heavy atom. The first kappa shape index (κ1) is 11.3. The summed E-state index contributed by atoms with van der Waals surface area (Å²) >= 11 is 0. The predicted octanol–water partition coefficient (Wildman–Crippen LogP) is 1.36. The van der Waals surface area contributed by atoms with Gasteiger partial charge in [-0.25, -0.2) is 0 Å². The van der Waals surface area contributed by atoms with Gasteiger partial charge in [0.15, 0.2) is 0 Å². The maximum atomic E-state index is 10.5. The van der Waals surface area contributed by atoms with E-state index in [2.05, 4.69) is 10.2 Å². The van der Waals surface area contributed by atoms with Crippen LogP contribution in [0.3, 0.4) is 0 Å². The lowest BCUT2D eigenvalue weighted by Crippen LogP contribution is -2.03. The van der Waals surface area contributed by atoms with E-state index >= 15 is 0 Å². The first-order valence-corrected chi connectivity index (χ1v) is 5.30. The molecule has 0 radical (unpaired) electrons. The molecule has 0 aliphatic rings. The van der Waals surface area contributed by atoms with Crippen LogP contribution in [0.4, 0.5) is 5.69 Å². The van der Waals surface area contributed by atoms with Gasteiger partial charge >= 0.3 is 5.69 Å². The second kappa shape index (κ2) is 4.36. The van der Waals surface area contributed by atoms with E-state index in [0.717, 1.165) is 17.8 Å². The summed E-state index contributed by atoms with van der Waals surface area (Å²) < 4.78 is 3.43. The Hall–Kier alpha value is -2.18. The van der Waals surface area contributed by atoms with Crippen molar-refractivity contribution < 1.29 is 4.92 Å². The first-order chi connectivity index (χ1) is 8.11. The Labute approximate surface area is 97.8 Å². The molecule has 17 heavy (non-hydrogen) atoms. The van der Waals surface area contributed by atoms with Crippen LogP contribution in [-0.4, -0.2) is 24.5 Å². The number of rotatable bonds is 4. The van der Waals surface area contributed by atoms with Gasteiger partial charge in [0.2, 0.25) is 0 Å². The highest BCUT2D eigenvalue weighted by Crippen LogP contribution is 2.12. The van der Waals surface area contributed by atoms with Gasteiger partial charge in [0.25, 0.3) is 0 Å². The van der Waals surface area contributed by atoms with Crippen molar-refractivity contribution in [2.75, 3.05) is 0 Å². The Bertz CT molecular complexity index is 543. The quantitative estimate of drug-likeness (QED) is 0.592. The van der Waals surface area contributed by atoms with E-state index in [4.69, 9.17) is 0 Å². The van der Waals surface area contributed by atoms with Crippen molar-refractivity contribution in [3.05, 3.63) is 40.0 Å². The fourth-order valence-electron chi connectivity index (χ4n) is 1.67. The van der Waals surface area contributed by atoms with Crippen molar-refractivity contribution in [2.45, 2.75) is 26.9 Å². The zero-order valence-electron chi connectivity index (χ0n) is 9.70. The van der Waals surface area contributed by atoms with E-state index in [1.165, 1.54) is 12.4 Å². The van der Waals surface area contributed by atoms with E-state index < -0.39 is 4.92 Å². The third-order valence-corrected chi connectivity index (χ3v) is 2.67. The van der Waals surface area contributed by atoms with Crippen LogP contribution in [-0.2, 0) is 13.1 Å². The van der Waals surface area contributed by atoms with Gasteiger partial charge in [-0.15, -0.1) is 0 Å². The van der Waals surface area contributed by atoms with E-state index in [0.29, 0.717) is 6.54 Å². The maximum Gasteiger partial charge on any atom is 0.307 e. The molecular weight excluding hydrogens is 222 g/mol. The fourth-order valence-corrected chi connectivity index (χ4v) is 1.67. The van der Waals surface area contributed by atoms with Crippen molar-refractivity contribution in [1.82, 2.24) is 19.6 Å². The number of aryl methyl sites for hydroxylation is 1. The molecule has 2 rings (SSSR count). The summed E-state index contributed by atoms with van der Waals surface area (Å²) in [4.78, 5) is 10.1. The maximum absolute atomic E-state index is 10.5. The van der Waals surface area contributed by atoms with Gasteiger partial charge in [0.05, 0.1) is 17.7 Å². The first-order valence-electron chi connectivity index (χ1n) is 5.30. The highest BCUT2D eigenvalue weighted by molar-refractivity contribution is 5.22. The molecule has 0 bridgehead atoms. The average Bonchev–Trinajstić information content (AvgIpc) is 2.88. The van der Waals surface area contributed by atoms with E-state index in [1.807, 2.05) is 18.5 Å². The van der Waals surface area contributed by atoms with Crippen molar-refractivity contribution >= 4 is 5.69 Å². The summed E-state index contributed by atoms with van der Waals surface area (Å²) in [5.74, 6) is 0. The molecule has 0 saturated heterocycles. The minimum Gasteiger partial charge on any atom is -0.270 e. The summed E-state index contributed by atoms with van der Waals surface area (Å²) in [5, 5.41) is 18.7.